The molecule has 112 valence electrons. The highest BCUT2D eigenvalue weighted by Gasteiger charge is 2.09. The standard InChI is InChI=1S/C15H20N4O2/c1-4-5-11-6-8-12(9-7-11)21-15-18-13(16)17-14(19-15)20-10(2)3/h6-10H,4-5H2,1-3H3,(H2,16,17,18,19). The van der Waals surface area contributed by atoms with Crippen LogP contribution >= 0.6 is 0 Å². The molecule has 0 fully saturated rings. The van der Waals surface area contributed by atoms with Crippen LogP contribution in [0.4, 0.5) is 5.95 Å². The van der Waals surface area contributed by atoms with Crippen molar-refractivity contribution in [3.63, 3.8) is 0 Å². The number of anilines is 1. The molecule has 1 aromatic carbocycles. The molecule has 2 N–H and O–H groups in total. The van der Waals surface area contributed by atoms with E-state index in [0.29, 0.717) is 5.75 Å². The van der Waals surface area contributed by atoms with Crippen molar-refractivity contribution in [3.05, 3.63) is 29.8 Å². The van der Waals surface area contributed by atoms with Crippen molar-refractivity contribution >= 4 is 5.95 Å². The molecular weight excluding hydrogens is 268 g/mol. The van der Waals surface area contributed by atoms with Crippen molar-refractivity contribution in [3.8, 4) is 17.8 Å². The molecule has 1 aromatic heterocycles. The molecule has 0 aliphatic carbocycles. The lowest BCUT2D eigenvalue weighted by Crippen LogP contribution is -2.11. The first-order valence-corrected chi connectivity index (χ1v) is 7.02. The molecule has 0 radical (unpaired) electrons. The Morgan fingerprint density at radius 3 is 2.33 bits per heavy atom. The second-order valence-electron chi connectivity index (χ2n) is 4.92. The number of nitrogens with two attached hydrogens (primary N) is 1. The van der Waals surface area contributed by atoms with E-state index in [-0.39, 0.29) is 24.1 Å². The number of nitrogen functional groups attached to an aromatic ring is 1. The van der Waals surface area contributed by atoms with E-state index in [1.54, 1.807) is 0 Å². The highest BCUT2D eigenvalue weighted by Crippen LogP contribution is 2.21. The zero-order valence-corrected chi connectivity index (χ0v) is 12.5. The molecular formula is C15H20N4O2. The molecule has 2 rings (SSSR count). The van der Waals surface area contributed by atoms with Crippen molar-refractivity contribution in [2.24, 2.45) is 0 Å². The lowest BCUT2D eigenvalue weighted by molar-refractivity contribution is 0.219. The summed E-state index contributed by atoms with van der Waals surface area (Å²) in [5, 5.41) is 0. The monoisotopic (exact) mass is 288 g/mol. The third-order valence-corrected chi connectivity index (χ3v) is 2.62. The van der Waals surface area contributed by atoms with Gasteiger partial charge in [0.25, 0.3) is 0 Å². The van der Waals surface area contributed by atoms with Gasteiger partial charge in [-0.1, -0.05) is 25.5 Å². The van der Waals surface area contributed by atoms with Crippen LogP contribution < -0.4 is 15.2 Å². The minimum Gasteiger partial charge on any atom is -0.461 e. The molecule has 0 amide bonds. The Labute approximate surface area is 124 Å². The molecule has 1 heterocycles. The highest BCUT2D eigenvalue weighted by atomic mass is 16.5. The van der Waals surface area contributed by atoms with Crippen LogP contribution in [0.5, 0.6) is 17.8 Å². The van der Waals surface area contributed by atoms with E-state index in [4.69, 9.17) is 15.2 Å². The molecule has 0 unspecified atom stereocenters. The first-order valence-electron chi connectivity index (χ1n) is 7.02. The summed E-state index contributed by atoms with van der Waals surface area (Å²) in [6.07, 6.45) is 2.11. The highest BCUT2D eigenvalue weighted by molar-refractivity contribution is 5.30. The SMILES string of the molecule is CCCc1ccc(Oc2nc(N)nc(OC(C)C)n2)cc1. The van der Waals surface area contributed by atoms with Crippen LogP contribution in [0.3, 0.4) is 0 Å². The fourth-order valence-electron chi connectivity index (χ4n) is 1.78. The minimum atomic E-state index is -0.0482. The third kappa shape index (κ3) is 4.59. The lowest BCUT2D eigenvalue weighted by atomic mass is 10.1. The summed E-state index contributed by atoms with van der Waals surface area (Å²) >= 11 is 0. The Morgan fingerprint density at radius 1 is 1.05 bits per heavy atom. The van der Waals surface area contributed by atoms with Gasteiger partial charge in [0.2, 0.25) is 5.95 Å². The van der Waals surface area contributed by atoms with Gasteiger partial charge >= 0.3 is 12.0 Å². The summed E-state index contributed by atoms with van der Waals surface area (Å²) in [7, 11) is 0. The first kappa shape index (κ1) is 15.0. The maximum atomic E-state index is 5.63. The molecule has 0 spiro atoms. The molecule has 0 atom stereocenters. The van der Waals surface area contributed by atoms with Gasteiger partial charge in [0.1, 0.15) is 5.75 Å². The minimum absolute atomic E-state index is 0.0482. The Hall–Kier alpha value is -2.37. The number of aryl methyl sites for hydroxylation is 1. The van der Waals surface area contributed by atoms with E-state index in [9.17, 15) is 0 Å². The van der Waals surface area contributed by atoms with Crippen LogP contribution in [0.15, 0.2) is 24.3 Å². The van der Waals surface area contributed by atoms with E-state index >= 15 is 0 Å². The smallest absolute Gasteiger partial charge is 0.330 e. The normalized spacial score (nSPS) is 10.7. The Morgan fingerprint density at radius 2 is 1.71 bits per heavy atom. The van der Waals surface area contributed by atoms with E-state index in [1.165, 1.54) is 5.56 Å². The van der Waals surface area contributed by atoms with E-state index in [1.807, 2.05) is 38.1 Å². The molecule has 21 heavy (non-hydrogen) atoms. The number of nitrogens with zero attached hydrogens (tertiary/aromatic N) is 3. The maximum absolute atomic E-state index is 5.63. The van der Waals surface area contributed by atoms with Gasteiger partial charge in [0, 0.05) is 0 Å². The zero-order valence-electron chi connectivity index (χ0n) is 12.5. The van der Waals surface area contributed by atoms with Crippen molar-refractivity contribution in [1.29, 1.82) is 0 Å². The number of aromatic nitrogens is 3. The summed E-state index contributed by atoms with van der Waals surface area (Å²) in [6, 6.07) is 8.10. The van der Waals surface area contributed by atoms with Crippen LogP contribution in [0.2, 0.25) is 0 Å². The van der Waals surface area contributed by atoms with Crippen molar-refractivity contribution in [1.82, 2.24) is 15.0 Å². The van der Waals surface area contributed by atoms with Crippen LogP contribution in [0, 0.1) is 0 Å². The summed E-state index contributed by atoms with van der Waals surface area (Å²) in [5.74, 6) is 0.717. The number of ether oxygens (including phenoxy) is 2. The van der Waals surface area contributed by atoms with Crippen molar-refractivity contribution in [2.45, 2.75) is 39.7 Å². The van der Waals surface area contributed by atoms with Crippen LogP contribution in [0.25, 0.3) is 0 Å². The summed E-state index contributed by atoms with van der Waals surface area (Å²) in [6.45, 7) is 5.91. The average molecular weight is 288 g/mol. The van der Waals surface area contributed by atoms with Gasteiger partial charge in [-0.25, -0.2) is 0 Å². The number of rotatable bonds is 6. The summed E-state index contributed by atoms with van der Waals surface area (Å²) < 4.78 is 11.0. The molecule has 0 saturated heterocycles. The predicted octanol–water partition coefficient (Wildman–Crippen LogP) is 2.99. The maximum Gasteiger partial charge on any atom is 0.330 e. The molecule has 2 aromatic rings. The lowest BCUT2D eigenvalue weighted by Gasteiger charge is -2.09. The van der Waals surface area contributed by atoms with Crippen molar-refractivity contribution in [2.75, 3.05) is 5.73 Å². The Kier molecular flexibility index (Phi) is 4.92. The quantitative estimate of drug-likeness (QED) is 0.879. The van der Waals surface area contributed by atoms with E-state index in [2.05, 4.69) is 21.9 Å². The predicted molar refractivity (Wildman–Crippen MR) is 80.5 cm³/mol. The number of hydrogen-bond acceptors (Lipinski definition) is 6. The van der Waals surface area contributed by atoms with Gasteiger partial charge in [-0.3, -0.25) is 0 Å². The molecule has 0 aliphatic heterocycles. The van der Waals surface area contributed by atoms with E-state index < -0.39 is 0 Å². The zero-order chi connectivity index (χ0) is 15.2. The first-order chi connectivity index (χ1) is 10.1. The fraction of sp³-hybridized carbons (Fsp3) is 0.400. The largest absolute Gasteiger partial charge is 0.461 e. The van der Waals surface area contributed by atoms with Gasteiger partial charge in [0.15, 0.2) is 0 Å². The topological polar surface area (TPSA) is 83.2 Å². The van der Waals surface area contributed by atoms with Crippen molar-refractivity contribution < 1.29 is 9.47 Å². The number of benzene rings is 1. The fourth-order valence-corrected chi connectivity index (χ4v) is 1.78. The van der Waals surface area contributed by atoms with E-state index in [0.717, 1.165) is 12.8 Å². The van der Waals surface area contributed by atoms with Crippen LogP contribution in [-0.4, -0.2) is 21.1 Å². The third-order valence-electron chi connectivity index (χ3n) is 2.62. The summed E-state index contributed by atoms with van der Waals surface area (Å²) in [5.41, 5.74) is 6.90. The Bertz CT molecular complexity index is 585. The molecule has 0 aliphatic rings. The van der Waals surface area contributed by atoms with Crippen LogP contribution in [-0.2, 0) is 6.42 Å². The Balaban J connectivity index is 2.12. The average Bonchev–Trinajstić information content (AvgIpc) is 2.40. The van der Waals surface area contributed by atoms with Crippen LogP contribution in [0.1, 0.15) is 32.8 Å². The second-order valence-corrected chi connectivity index (χ2v) is 4.92. The molecule has 6 nitrogen and oxygen atoms in total. The molecule has 0 saturated carbocycles. The molecule has 6 heteroatoms. The molecule has 0 bridgehead atoms. The van der Waals surface area contributed by atoms with Gasteiger partial charge in [-0.2, -0.15) is 9.97 Å². The second kappa shape index (κ2) is 6.88. The summed E-state index contributed by atoms with van der Waals surface area (Å²) in [4.78, 5) is 11.9. The van der Waals surface area contributed by atoms with Gasteiger partial charge in [0.05, 0.1) is 6.10 Å². The van der Waals surface area contributed by atoms with Gasteiger partial charge in [-0.15, -0.1) is 4.98 Å². The van der Waals surface area contributed by atoms with Gasteiger partial charge < -0.3 is 15.2 Å². The van der Waals surface area contributed by atoms with Gasteiger partial charge in [-0.05, 0) is 38.0 Å². The number of hydrogen-bond donors (Lipinski definition) is 1.